The fraction of sp³-hybridized carbons (Fsp3) is 0.926. The van der Waals surface area contributed by atoms with Crippen LogP contribution in [0.5, 0.6) is 0 Å². The van der Waals surface area contributed by atoms with Crippen molar-refractivity contribution in [1.29, 1.82) is 0 Å². The number of unbranched alkanes of at least 4 members (excludes halogenated alkanes) is 11. The maximum atomic E-state index is 14.5. The Morgan fingerprint density at radius 2 is 0.795 bits per heavy atom. The van der Waals surface area contributed by atoms with Gasteiger partial charge < -0.3 is 9.47 Å². The first-order valence-corrected chi connectivity index (χ1v) is 14.1. The number of halogens is 13. The van der Waals surface area contributed by atoms with E-state index in [0.717, 1.165) is 51.4 Å². The van der Waals surface area contributed by atoms with Gasteiger partial charge in [0.25, 0.3) is 0 Å². The summed E-state index contributed by atoms with van der Waals surface area (Å²) in [7, 11) is 1.31. The first kappa shape index (κ1) is 42.0. The van der Waals surface area contributed by atoms with Crippen LogP contribution in [0.3, 0.4) is 0 Å². The number of hydrogen-bond acceptors (Lipinski definition) is 4. The molecule has 0 N–H and O–H groups in total. The van der Waals surface area contributed by atoms with Crippen LogP contribution in [0, 0.1) is 5.41 Å². The van der Waals surface area contributed by atoms with Crippen LogP contribution in [0.4, 0.5) is 57.1 Å². The van der Waals surface area contributed by atoms with Gasteiger partial charge in [-0.1, -0.05) is 84.0 Å². The number of carbonyl (C=O) groups is 2. The fourth-order valence-corrected chi connectivity index (χ4v) is 4.60. The first-order chi connectivity index (χ1) is 20.0. The Bertz CT molecular complexity index is 873. The zero-order valence-electron chi connectivity index (χ0n) is 24.7. The van der Waals surface area contributed by atoms with Crippen LogP contribution in [-0.4, -0.2) is 61.9 Å². The number of rotatable bonds is 22. The molecule has 17 heteroatoms. The van der Waals surface area contributed by atoms with Gasteiger partial charge in [0.2, 0.25) is 0 Å². The molecule has 0 atom stereocenters. The Labute approximate surface area is 247 Å². The minimum Gasteiger partial charge on any atom is -0.468 e. The number of methoxy groups -OCH3 is 2. The van der Waals surface area contributed by atoms with Crippen molar-refractivity contribution < 1.29 is 76.1 Å². The molecular weight excluding hydrogens is 635 g/mol. The Hall–Kier alpha value is -1.97. The molecular formula is C27H39F13O4. The quantitative estimate of drug-likeness (QED) is 0.0497. The summed E-state index contributed by atoms with van der Waals surface area (Å²) in [5.41, 5.74) is -2.84. The van der Waals surface area contributed by atoms with Crippen molar-refractivity contribution >= 4 is 11.9 Å². The van der Waals surface area contributed by atoms with Gasteiger partial charge in [-0.3, -0.25) is 9.59 Å². The third-order valence-corrected chi connectivity index (χ3v) is 7.47. The van der Waals surface area contributed by atoms with Crippen LogP contribution in [0.15, 0.2) is 0 Å². The normalized spacial score (nSPS) is 14.1. The third kappa shape index (κ3) is 9.29. The average molecular weight is 675 g/mol. The third-order valence-electron chi connectivity index (χ3n) is 7.47. The zero-order chi connectivity index (χ0) is 34.7. The van der Waals surface area contributed by atoms with Gasteiger partial charge in [0.1, 0.15) is 0 Å². The van der Waals surface area contributed by atoms with Crippen LogP contribution in [-0.2, 0) is 19.1 Å². The van der Waals surface area contributed by atoms with E-state index in [2.05, 4.69) is 16.4 Å². The van der Waals surface area contributed by atoms with E-state index in [1.165, 1.54) is 0 Å². The highest BCUT2D eigenvalue weighted by atomic mass is 19.4. The summed E-state index contributed by atoms with van der Waals surface area (Å²) in [4.78, 5) is 25.0. The van der Waals surface area contributed by atoms with E-state index in [1.54, 1.807) is 0 Å². The summed E-state index contributed by atoms with van der Waals surface area (Å²) < 4.78 is 184. The number of hydrogen-bond donors (Lipinski definition) is 0. The molecule has 262 valence electrons. The predicted molar refractivity (Wildman–Crippen MR) is 132 cm³/mol. The van der Waals surface area contributed by atoms with Gasteiger partial charge in [-0.25, -0.2) is 0 Å². The van der Waals surface area contributed by atoms with Crippen LogP contribution in [0.25, 0.3) is 0 Å². The lowest BCUT2D eigenvalue weighted by molar-refractivity contribution is -0.440. The second-order valence-corrected chi connectivity index (χ2v) is 10.7. The number of esters is 2. The minimum atomic E-state index is -8.04. The lowest BCUT2D eigenvalue weighted by Crippen LogP contribution is -2.70. The van der Waals surface area contributed by atoms with Gasteiger partial charge in [-0.15, -0.1) is 0 Å². The van der Waals surface area contributed by atoms with Gasteiger partial charge >= 0.3 is 47.7 Å². The molecule has 0 aromatic heterocycles. The van der Waals surface area contributed by atoms with Crippen molar-refractivity contribution in [2.75, 3.05) is 14.2 Å². The molecule has 0 aromatic carbocycles. The zero-order valence-corrected chi connectivity index (χ0v) is 24.7. The van der Waals surface area contributed by atoms with Gasteiger partial charge in [0, 0.05) is 6.42 Å². The van der Waals surface area contributed by atoms with E-state index < -0.39 is 72.4 Å². The molecule has 4 nitrogen and oxygen atoms in total. The minimum absolute atomic E-state index is 0.102. The van der Waals surface area contributed by atoms with Crippen LogP contribution in [0.2, 0.25) is 0 Å². The lowest BCUT2D eigenvalue weighted by Gasteiger charge is -2.40. The van der Waals surface area contributed by atoms with Crippen LogP contribution in [0.1, 0.15) is 103 Å². The summed E-state index contributed by atoms with van der Waals surface area (Å²) in [6.45, 7) is 2.09. The Morgan fingerprint density at radius 3 is 1.14 bits per heavy atom. The monoisotopic (exact) mass is 674 g/mol. The van der Waals surface area contributed by atoms with Crippen molar-refractivity contribution in [2.24, 2.45) is 5.41 Å². The topological polar surface area (TPSA) is 52.6 Å². The maximum Gasteiger partial charge on any atom is 0.460 e. The van der Waals surface area contributed by atoms with E-state index in [1.807, 2.05) is 0 Å². The predicted octanol–water partition coefficient (Wildman–Crippen LogP) is 9.93. The van der Waals surface area contributed by atoms with Gasteiger partial charge in [0.05, 0.1) is 14.2 Å². The van der Waals surface area contributed by atoms with E-state index in [9.17, 15) is 66.7 Å². The summed E-state index contributed by atoms with van der Waals surface area (Å²) in [6, 6.07) is 0. The maximum absolute atomic E-state index is 14.5. The Balaban J connectivity index is 5.71. The molecule has 0 saturated heterocycles. The second-order valence-electron chi connectivity index (χ2n) is 10.7. The summed E-state index contributed by atoms with van der Waals surface area (Å²) in [5.74, 6) is -41.1. The second kappa shape index (κ2) is 16.5. The van der Waals surface area contributed by atoms with E-state index in [-0.39, 0.29) is 12.8 Å². The molecule has 0 radical (unpaired) electrons. The van der Waals surface area contributed by atoms with Crippen molar-refractivity contribution in [3.63, 3.8) is 0 Å². The first-order valence-electron chi connectivity index (χ1n) is 14.1. The molecule has 0 rings (SSSR count). The smallest absolute Gasteiger partial charge is 0.460 e. The summed E-state index contributed by atoms with van der Waals surface area (Å²) in [6.07, 6.45) is -2.95. The Kier molecular flexibility index (Phi) is 15.8. The molecule has 0 bridgehead atoms. The van der Waals surface area contributed by atoms with Crippen LogP contribution < -0.4 is 0 Å². The SMILES string of the molecule is CCCCCCCCCCCCCCC(CCC(F)(F)C(F)(F)C(F)(F)C(F)(F)C(F)(F)C(F)(F)F)(C(=O)OC)C(=O)OC. The number of ether oxygens (including phenoxy) is 2. The van der Waals surface area contributed by atoms with E-state index >= 15 is 0 Å². The molecule has 0 aliphatic carbocycles. The molecule has 0 fully saturated rings. The van der Waals surface area contributed by atoms with Gasteiger partial charge in [-0.2, -0.15) is 57.1 Å². The average Bonchev–Trinajstić information content (AvgIpc) is 2.93. The van der Waals surface area contributed by atoms with Crippen molar-refractivity contribution in [3.05, 3.63) is 0 Å². The molecule has 0 amide bonds. The molecule has 0 aromatic rings. The largest absolute Gasteiger partial charge is 0.468 e. The van der Waals surface area contributed by atoms with E-state index in [4.69, 9.17) is 0 Å². The molecule has 0 aliphatic rings. The summed E-state index contributed by atoms with van der Waals surface area (Å²) >= 11 is 0. The highest BCUT2D eigenvalue weighted by molar-refractivity contribution is 6.00. The highest BCUT2D eigenvalue weighted by Gasteiger charge is 2.90. The molecule has 44 heavy (non-hydrogen) atoms. The standard InChI is InChI=1S/C27H39F13O4/c1-4-5-6-7-8-9-10-11-12-13-14-15-16-21(19(41)43-2,20(42)44-3)17-18-22(28,29)23(30,31)24(32,33)25(34,35)26(36,37)27(38,39)40/h4-18H2,1-3H3. The molecule has 0 unspecified atom stereocenters. The molecule has 0 saturated carbocycles. The Morgan fingerprint density at radius 1 is 0.455 bits per heavy atom. The lowest BCUT2D eigenvalue weighted by atomic mass is 9.76. The number of alkyl halides is 13. The van der Waals surface area contributed by atoms with E-state index in [0.29, 0.717) is 27.1 Å². The van der Waals surface area contributed by atoms with Crippen molar-refractivity contribution in [2.45, 2.75) is 139 Å². The van der Waals surface area contributed by atoms with Crippen molar-refractivity contribution in [3.8, 4) is 0 Å². The highest BCUT2D eigenvalue weighted by Crippen LogP contribution is 2.61. The van der Waals surface area contributed by atoms with Crippen molar-refractivity contribution in [1.82, 2.24) is 0 Å². The fourth-order valence-electron chi connectivity index (χ4n) is 4.60. The number of carbonyl (C=O) groups excluding carboxylic acids is 2. The van der Waals surface area contributed by atoms with Crippen LogP contribution >= 0.6 is 0 Å². The van der Waals surface area contributed by atoms with Gasteiger partial charge in [0.15, 0.2) is 5.41 Å². The molecule has 0 spiro atoms. The molecule has 0 heterocycles. The summed E-state index contributed by atoms with van der Waals surface area (Å²) in [5, 5.41) is 0. The molecule has 0 aliphatic heterocycles. The van der Waals surface area contributed by atoms with Gasteiger partial charge in [-0.05, 0) is 12.8 Å².